The Balaban J connectivity index is 2.51. The maximum atomic E-state index is 11.6. The molecule has 3 N–H and O–H groups in total. The maximum Gasteiger partial charge on any atom is 0.238 e. The van der Waals surface area contributed by atoms with Crippen LogP contribution in [0.15, 0.2) is 0 Å². The van der Waals surface area contributed by atoms with Gasteiger partial charge in [0.2, 0.25) is 5.91 Å². The predicted octanol–water partition coefficient (Wildman–Crippen LogP) is 0.339. The molecule has 0 aromatic rings. The Morgan fingerprint density at radius 2 is 2.28 bits per heavy atom. The molecule has 2 atom stereocenters. The van der Waals surface area contributed by atoms with Crippen LogP contribution >= 0.6 is 0 Å². The number of rotatable bonds is 7. The molecule has 0 saturated carbocycles. The first-order valence-electron chi connectivity index (χ1n) is 6.71. The molecule has 0 bridgehead atoms. The standard InChI is InChI=1S/C13H27N3O2/c1-10(2)15-13(3,12(14)17)9-16(4)8-11-6-5-7-18-11/h10-11,15H,5-9H2,1-4H3,(H2,14,17). The molecule has 0 aromatic heterocycles. The number of carbonyl (C=O) groups is 1. The van der Waals surface area contributed by atoms with Crippen LogP contribution in [0.25, 0.3) is 0 Å². The highest BCUT2D eigenvalue weighted by molar-refractivity contribution is 5.84. The molecular weight excluding hydrogens is 230 g/mol. The van der Waals surface area contributed by atoms with Crippen LogP contribution in [-0.4, -0.2) is 55.2 Å². The van der Waals surface area contributed by atoms with E-state index in [0.717, 1.165) is 26.0 Å². The minimum absolute atomic E-state index is 0.221. The highest BCUT2D eigenvalue weighted by Gasteiger charge is 2.33. The number of nitrogens with one attached hydrogen (secondary N) is 1. The van der Waals surface area contributed by atoms with Crippen molar-refractivity contribution in [1.82, 2.24) is 10.2 Å². The van der Waals surface area contributed by atoms with Crippen molar-refractivity contribution >= 4 is 5.91 Å². The van der Waals surface area contributed by atoms with Gasteiger partial charge in [-0.05, 0) is 40.7 Å². The van der Waals surface area contributed by atoms with Gasteiger partial charge in [-0.1, -0.05) is 0 Å². The Morgan fingerprint density at radius 3 is 2.72 bits per heavy atom. The highest BCUT2D eigenvalue weighted by atomic mass is 16.5. The number of primary amides is 1. The number of hydrogen-bond donors (Lipinski definition) is 2. The zero-order valence-electron chi connectivity index (χ0n) is 12.0. The monoisotopic (exact) mass is 257 g/mol. The summed E-state index contributed by atoms with van der Waals surface area (Å²) in [6.07, 6.45) is 2.54. The molecular formula is C13H27N3O2. The number of carbonyl (C=O) groups excluding carboxylic acids is 1. The summed E-state index contributed by atoms with van der Waals surface area (Å²) in [7, 11) is 2.00. The summed E-state index contributed by atoms with van der Waals surface area (Å²) >= 11 is 0. The van der Waals surface area contributed by atoms with E-state index in [0.29, 0.717) is 12.6 Å². The van der Waals surface area contributed by atoms with Crippen LogP contribution < -0.4 is 11.1 Å². The SMILES string of the molecule is CC(C)NC(C)(CN(C)CC1CCCO1)C(N)=O. The molecule has 1 fully saturated rings. The maximum absolute atomic E-state index is 11.6. The van der Waals surface area contributed by atoms with E-state index in [1.54, 1.807) is 0 Å². The third-order valence-electron chi connectivity index (χ3n) is 3.28. The molecule has 1 heterocycles. The summed E-state index contributed by atoms with van der Waals surface area (Å²) in [5.74, 6) is -0.310. The average Bonchev–Trinajstić information content (AvgIpc) is 2.68. The highest BCUT2D eigenvalue weighted by Crippen LogP contribution is 2.14. The number of nitrogens with zero attached hydrogens (tertiary/aromatic N) is 1. The zero-order valence-corrected chi connectivity index (χ0v) is 12.0. The molecule has 18 heavy (non-hydrogen) atoms. The predicted molar refractivity (Wildman–Crippen MR) is 72.3 cm³/mol. The quantitative estimate of drug-likeness (QED) is 0.690. The van der Waals surface area contributed by atoms with Crippen LogP contribution in [0.1, 0.15) is 33.6 Å². The minimum atomic E-state index is -0.693. The van der Waals surface area contributed by atoms with Gasteiger partial charge in [-0.3, -0.25) is 4.79 Å². The van der Waals surface area contributed by atoms with Gasteiger partial charge >= 0.3 is 0 Å². The van der Waals surface area contributed by atoms with Crippen LogP contribution in [0.5, 0.6) is 0 Å². The van der Waals surface area contributed by atoms with Gasteiger partial charge in [0.1, 0.15) is 5.54 Å². The molecule has 1 aliphatic rings. The van der Waals surface area contributed by atoms with Gasteiger partial charge in [0, 0.05) is 25.7 Å². The van der Waals surface area contributed by atoms with Gasteiger partial charge in [0.25, 0.3) is 0 Å². The van der Waals surface area contributed by atoms with Gasteiger partial charge in [-0.25, -0.2) is 0 Å². The molecule has 1 rings (SSSR count). The van der Waals surface area contributed by atoms with Crippen molar-refractivity contribution in [3.63, 3.8) is 0 Å². The first-order valence-corrected chi connectivity index (χ1v) is 6.71. The number of hydrogen-bond acceptors (Lipinski definition) is 4. The average molecular weight is 257 g/mol. The van der Waals surface area contributed by atoms with Crippen LogP contribution in [0, 0.1) is 0 Å². The minimum Gasteiger partial charge on any atom is -0.377 e. The van der Waals surface area contributed by atoms with Crippen LogP contribution in [0.3, 0.4) is 0 Å². The van der Waals surface area contributed by atoms with E-state index in [-0.39, 0.29) is 11.9 Å². The Labute approximate surface area is 110 Å². The second-order valence-electron chi connectivity index (χ2n) is 5.83. The molecule has 1 aliphatic heterocycles. The number of likely N-dealkylation sites (N-methyl/N-ethyl adjacent to an activating group) is 1. The lowest BCUT2D eigenvalue weighted by molar-refractivity contribution is -0.124. The normalized spacial score (nSPS) is 23.6. The molecule has 1 saturated heterocycles. The van der Waals surface area contributed by atoms with E-state index >= 15 is 0 Å². The summed E-state index contributed by atoms with van der Waals surface area (Å²) < 4.78 is 5.60. The lowest BCUT2D eigenvalue weighted by Crippen LogP contribution is -2.61. The molecule has 106 valence electrons. The zero-order chi connectivity index (χ0) is 13.8. The van der Waals surface area contributed by atoms with Gasteiger partial charge in [0.05, 0.1) is 6.10 Å². The molecule has 0 aromatic carbocycles. The Bertz CT molecular complexity index is 277. The summed E-state index contributed by atoms with van der Waals surface area (Å²) in [6.45, 7) is 8.20. The first-order chi connectivity index (χ1) is 8.33. The third-order valence-corrected chi connectivity index (χ3v) is 3.28. The van der Waals surface area contributed by atoms with Crippen molar-refractivity contribution in [2.45, 2.75) is 51.3 Å². The van der Waals surface area contributed by atoms with Gasteiger partial charge in [0.15, 0.2) is 0 Å². The smallest absolute Gasteiger partial charge is 0.238 e. The topological polar surface area (TPSA) is 67.6 Å². The molecule has 5 nitrogen and oxygen atoms in total. The van der Waals surface area contributed by atoms with Crippen molar-refractivity contribution in [3.05, 3.63) is 0 Å². The Morgan fingerprint density at radius 1 is 1.61 bits per heavy atom. The fourth-order valence-corrected chi connectivity index (χ4v) is 2.57. The summed E-state index contributed by atoms with van der Waals surface area (Å²) in [5, 5.41) is 3.25. The lowest BCUT2D eigenvalue weighted by Gasteiger charge is -2.34. The molecule has 0 aliphatic carbocycles. The Kier molecular flexibility index (Phi) is 5.56. The van der Waals surface area contributed by atoms with E-state index < -0.39 is 5.54 Å². The molecule has 0 spiro atoms. The number of amides is 1. The second-order valence-corrected chi connectivity index (χ2v) is 5.83. The fraction of sp³-hybridized carbons (Fsp3) is 0.923. The Hall–Kier alpha value is -0.650. The second kappa shape index (κ2) is 6.50. The van der Waals surface area contributed by atoms with Crippen LogP contribution in [-0.2, 0) is 9.53 Å². The number of nitrogens with two attached hydrogens (primary N) is 1. The van der Waals surface area contributed by atoms with Crippen LogP contribution in [0.2, 0.25) is 0 Å². The summed E-state index contributed by atoms with van der Waals surface area (Å²) in [6, 6.07) is 0.221. The molecule has 1 amide bonds. The lowest BCUT2D eigenvalue weighted by atomic mass is 9.99. The van der Waals surface area contributed by atoms with Crippen molar-refractivity contribution in [1.29, 1.82) is 0 Å². The van der Waals surface area contributed by atoms with Crippen molar-refractivity contribution in [2.75, 3.05) is 26.7 Å². The van der Waals surface area contributed by atoms with Crippen molar-refractivity contribution in [3.8, 4) is 0 Å². The van der Waals surface area contributed by atoms with E-state index in [2.05, 4.69) is 10.2 Å². The van der Waals surface area contributed by atoms with Crippen LogP contribution in [0.4, 0.5) is 0 Å². The van der Waals surface area contributed by atoms with E-state index in [9.17, 15) is 4.79 Å². The molecule has 2 unspecified atom stereocenters. The fourth-order valence-electron chi connectivity index (χ4n) is 2.57. The first kappa shape index (κ1) is 15.4. The van der Waals surface area contributed by atoms with E-state index in [1.807, 2.05) is 27.8 Å². The van der Waals surface area contributed by atoms with Gasteiger partial charge in [-0.2, -0.15) is 0 Å². The summed E-state index contributed by atoms with van der Waals surface area (Å²) in [4.78, 5) is 13.8. The van der Waals surface area contributed by atoms with Crippen molar-refractivity contribution in [2.24, 2.45) is 5.73 Å². The summed E-state index contributed by atoms with van der Waals surface area (Å²) in [5.41, 5.74) is 4.82. The molecule has 5 heteroatoms. The van der Waals surface area contributed by atoms with Gasteiger partial charge in [-0.15, -0.1) is 0 Å². The number of ether oxygens (including phenoxy) is 1. The third kappa shape index (κ3) is 4.55. The molecule has 0 radical (unpaired) electrons. The van der Waals surface area contributed by atoms with E-state index in [4.69, 9.17) is 10.5 Å². The largest absolute Gasteiger partial charge is 0.377 e. The van der Waals surface area contributed by atoms with Crippen molar-refractivity contribution < 1.29 is 9.53 Å². The van der Waals surface area contributed by atoms with Gasteiger partial charge < -0.3 is 20.7 Å². The van der Waals surface area contributed by atoms with E-state index in [1.165, 1.54) is 0 Å².